The molecular formula is C14H12ClN5O. The van der Waals surface area contributed by atoms with Gasteiger partial charge in [0.2, 0.25) is 11.2 Å². The normalized spacial score (nSPS) is 10.6. The van der Waals surface area contributed by atoms with Gasteiger partial charge in [0.1, 0.15) is 0 Å². The van der Waals surface area contributed by atoms with Crippen molar-refractivity contribution in [3.63, 3.8) is 0 Å². The predicted molar refractivity (Wildman–Crippen MR) is 81.0 cm³/mol. The minimum atomic E-state index is 0.0813. The maximum atomic E-state index is 5.88. The topological polar surface area (TPSA) is 72.8 Å². The van der Waals surface area contributed by atoms with Crippen LogP contribution in [-0.2, 0) is 0 Å². The van der Waals surface area contributed by atoms with Crippen molar-refractivity contribution in [3.05, 3.63) is 41.9 Å². The number of anilines is 2. The van der Waals surface area contributed by atoms with Crippen molar-refractivity contribution in [2.75, 3.05) is 11.9 Å². The fourth-order valence-corrected chi connectivity index (χ4v) is 2.09. The lowest BCUT2D eigenvalue weighted by Crippen LogP contribution is -2.04. The second kappa shape index (κ2) is 5.88. The molecule has 7 heteroatoms. The van der Waals surface area contributed by atoms with Gasteiger partial charge in [0, 0.05) is 28.9 Å². The Morgan fingerprint density at radius 2 is 2.10 bits per heavy atom. The smallest absolute Gasteiger partial charge is 0.322 e. The van der Waals surface area contributed by atoms with E-state index in [9.17, 15) is 0 Å². The Kier molecular flexibility index (Phi) is 3.79. The van der Waals surface area contributed by atoms with E-state index in [0.29, 0.717) is 12.6 Å². The fraction of sp³-hybridized carbons (Fsp3) is 0.143. The lowest BCUT2D eigenvalue weighted by Gasteiger charge is -2.09. The van der Waals surface area contributed by atoms with E-state index < -0.39 is 0 Å². The molecule has 0 aliphatic rings. The van der Waals surface area contributed by atoms with Crippen molar-refractivity contribution < 1.29 is 4.74 Å². The number of nitrogens with one attached hydrogen (secondary N) is 1. The number of fused-ring (bicyclic) bond motifs is 1. The van der Waals surface area contributed by atoms with E-state index >= 15 is 0 Å². The van der Waals surface area contributed by atoms with E-state index in [1.165, 1.54) is 0 Å². The Labute approximate surface area is 126 Å². The van der Waals surface area contributed by atoms with Crippen molar-refractivity contribution in [1.82, 2.24) is 19.9 Å². The number of halogens is 1. The van der Waals surface area contributed by atoms with E-state index in [1.807, 2.05) is 31.2 Å². The number of benzene rings is 1. The van der Waals surface area contributed by atoms with Crippen LogP contribution in [0.15, 0.2) is 36.7 Å². The molecule has 0 aliphatic carbocycles. The van der Waals surface area contributed by atoms with Crippen LogP contribution in [-0.4, -0.2) is 26.5 Å². The highest BCUT2D eigenvalue weighted by Gasteiger charge is 2.07. The summed E-state index contributed by atoms with van der Waals surface area (Å²) < 4.78 is 5.26. The Morgan fingerprint density at radius 1 is 1.19 bits per heavy atom. The quantitative estimate of drug-likeness (QED) is 0.797. The molecule has 0 aliphatic heterocycles. The van der Waals surface area contributed by atoms with E-state index in [1.54, 1.807) is 12.4 Å². The van der Waals surface area contributed by atoms with Crippen LogP contribution >= 0.6 is 11.6 Å². The zero-order valence-corrected chi connectivity index (χ0v) is 12.0. The molecule has 0 radical (unpaired) electrons. The Balaban J connectivity index is 1.98. The van der Waals surface area contributed by atoms with Crippen molar-refractivity contribution in [2.45, 2.75) is 6.92 Å². The van der Waals surface area contributed by atoms with Crippen LogP contribution in [0, 0.1) is 0 Å². The molecule has 0 fully saturated rings. The first-order valence-electron chi connectivity index (χ1n) is 6.40. The zero-order valence-electron chi connectivity index (χ0n) is 11.2. The number of ether oxygens (including phenoxy) is 1. The first-order valence-corrected chi connectivity index (χ1v) is 6.78. The highest BCUT2D eigenvalue weighted by atomic mass is 35.5. The summed E-state index contributed by atoms with van der Waals surface area (Å²) in [5.74, 6) is 0.336. The van der Waals surface area contributed by atoms with Crippen LogP contribution in [0.3, 0.4) is 0 Å². The molecule has 6 nitrogen and oxygen atoms in total. The van der Waals surface area contributed by atoms with Crippen LogP contribution in [0.2, 0.25) is 5.28 Å². The van der Waals surface area contributed by atoms with Crippen LogP contribution in [0.4, 0.5) is 11.6 Å². The molecule has 0 amide bonds. The fourth-order valence-electron chi connectivity index (χ4n) is 1.93. The first-order chi connectivity index (χ1) is 10.3. The second-order valence-corrected chi connectivity index (χ2v) is 4.51. The molecular weight excluding hydrogens is 290 g/mol. The summed E-state index contributed by atoms with van der Waals surface area (Å²) in [5.41, 5.74) is 0.861. The van der Waals surface area contributed by atoms with Gasteiger partial charge in [-0.15, -0.1) is 0 Å². The molecule has 2 aromatic heterocycles. The Bertz CT molecular complexity index is 775. The van der Waals surface area contributed by atoms with Crippen LogP contribution in [0.1, 0.15) is 6.92 Å². The number of aromatic nitrogens is 4. The summed E-state index contributed by atoms with van der Waals surface area (Å²) in [5, 5.41) is 5.25. The van der Waals surface area contributed by atoms with E-state index in [2.05, 4.69) is 25.3 Å². The van der Waals surface area contributed by atoms with Crippen LogP contribution in [0.5, 0.6) is 6.01 Å². The highest BCUT2D eigenvalue weighted by Crippen LogP contribution is 2.25. The largest absolute Gasteiger partial charge is 0.464 e. The summed E-state index contributed by atoms with van der Waals surface area (Å²) in [7, 11) is 0. The van der Waals surface area contributed by atoms with Gasteiger partial charge in [-0.3, -0.25) is 4.98 Å². The molecule has 106 valence electrons. The van der Waals surface area contributed by atoms with Gasteiger partial charge >= 0.3 is 6.01 Å². The van der Waals surface area contributed by atoms with Crippen molar-refractivity contribution in [2.24, 2.45) is 0 Å². The molecule has 3 aromatic rings. The highest BCUT2D eigenvalue weighted by molar-refractivity contribution is 6.28. The third-order valence-electron chi connectivity index (χ3n) is 2.79. The van der Waals surface area contributed by atoms with Gasteiger partial charge < -0.3 is 10.1 Å². The second-order valence-electron chi connectivity index (χ2n) is 4.17. The van der Waals surface area contributed by atoms with E-state index in [0.717, 1.165) is 16.5 Å². The number of hydrogen-bond donors (Lipinski definition) is 1. The molecule has 3 rings (SSSR count). The summed E-state index contributed by atoms with van der Waals surface area (Å²) >= 11 is 5.88. The lowest BCUT2D eigenvalue weighted by atomic mass is 10.1. The summed E-state index contributed by atoms with van der Waals surface area (Å²) in [4.78, 5) is 16.2. The van der Waals surface area contributed by atoms with Gasteiger partial charge in [-0.2, -0.15) is 15.0 Å². The third-order valence-corrected chi connectivity index (χ3v) is 2.96. The molecule has 0 saturated heterocycles. The summed E-state index contributed by atoms with van der Waals surface area (Å²) in [6.45, 7) is 2.31. The summed E-state index contributed by atoms with van der Waals surface area (Å²) in [6, 6.07) is 7.96. The van der Waals surface area contributed by atoms with Gasteiger partial charge in [-0.1, -0.05) is 12.1 Å². The number of hydrogen-bond acceptors (Lipinski definition) is 6. The molecule has 0 saturated carbocycles. The SMILES string of the molecule is CCOc1nc(Cl)nc(Nc2cccc3cnccc23)n1. The molecule has 2 heterocycles. The molecule has 21 heavy (non-hydrogen) atoms. The average molecular weight is 302 g/mol. The predicted octanol–water partition coefficient (Wildman–Crippen LogP) is 3.22. The van der Waals surface area contributed by atoms with Gasteiger partial charge in [0.05, 0.1) is 6.61 Å². The lowest BCUT2D eigenvalue weighted by molar-refractivity contribution is 0.312. The third kappa shape index (κ3) is 3.00. The standard InChI is InChI=1S/C14H12ClN5O/c1-2-21-14-19-12(15)18-13(20-14)17-11-5-3-4-9-8-16-7-6-10(9)11/h3-8H,2H2,1H3,(H,17,18,19,20). The Morgan fingerprint density at radius 3 is 2.95 bits per heavy atom. The number of pyridine rings is 1. The minimum absolute atomic E-state index is 0.0813. The maximum Gasteiger partial charge on any atom is 0.322 e. The van der Waals surface area contributed by atoms with E-state index in [-0.39, 0.29) is 11.3 Å². The maximum absolute atomic E-state index is 5.88. The molecule has 0 bridgehead atoms. The van der Waals surface area contributed by atoms with Gasteiger partial charge in [0.25, 0.3) is 0 Å². The first kappa shape index (κ1) is 13.5. The zero-order chi connectivity index (χ0) is 14.7. The molecule has 0 atom stereocenters. The molecule has 1 N–H and O–H groups in total. The van der Waals surface area contributed by atoms with Crippen LogP contribution in [0.25, 0.3) is 10.8 Å². The molecule has 0 spiro atoms. The van der Waals surface area contributed by atoms with Gasteiger partial charge in [-0.05, 0) is 30.7 Å². The van der Waals surface area contributed by atoms with Crippen LogP contribution < -0.4 is 10.1 Å². The van der Waals surface area contributed by atoms with Crippen molar-refractivity contribution >= 4 is 34.0 Å². The van der Waals surface area contributed by atoms with E-state index in [4.69, 9.17) is 16.3 Å². The number of rotatable bonds is 4. The summed E-state index contributed by atoms with van der Waals surface area (Å²) in [6.07, 6.45) is 3.53. The minimum Gasteiger partial charge on any atom is -0.464 e. The van der Waals surface area contributed by atoms with Gasteiger partial charge in [-0.25, -0.2) is 0 Å². The van der Waals surface area contributed by atoms with Gasteiger partial charge in [0.15, 0.2) is 0 Å². The monoisotopic (exact) mass is 301 g/mol. The molecule has 1 aromatic carbocycles. The van der Waals surface area contributed by atoms with Crippen molar-refractivity contribution in [1.29, 1.82) is 0 Å². The Hall–Kier alpha value is -2.47. The van der Waals surface area contributed by atoms with Crippen molar-refractivity contribution in [3.8, 4) is 6.01 Å². The molecule has 0 unspecified atom stereocenters. The number of nitrogens with zero attached hydrogens (tertiary/aromatic N) is 4. The average Bonchev–Trinajstić information content (AvgIpc) is 2.47.